The van der Waals surface area contributed by atoms with Crippen LogP contribution in [0, 0.1) is 5.82 Å². The third-order valence-electron chi connectivity index (χ3n) is 2.90. The third kappa shape index (κ3) is 3.20. The summed E-state index contributed by atoms with van der Waals surface area (Å²) < 4.78 is 19.4. The maximum Gasteiger partial charge on any atom is 0.407 e. The van der Waals surface area contributed by atoms with E-state index in [1.165, 1.54) is 17.0 Å². The average Bonchev–Trinajstić information content (AvgIpc) is 2.79. The predicted octanol–water partition coefficient (Wildman–Crippen LogP) is 2.86. The van der Waals surface area contributed by atoms with Gasteiger partial charge in [0.05, 0.1) is 19.3 Å². The van der Waals surface area contributed by atoms with Crippen LogP contribution in [0.3, 0.4) is 0 Å². The van der Waals surface area contributed by atoms with Crippen LogP contribution >= 0.6 is 15.9 Å². The van der Waals surface area contributed by atoms with Gasteiger partial charge in [-0.25, -0.2) is 9.18 Å². The molecule has 98 valence electrons. The maximum absolute atomic E-state index is 13.1. The van der Waals surface area contributed by atoms with Crippen molar-refractivity contribution in [1.82, 2.24) is 4.90 Å². The summed E-state index contributed by atoms with van der Waals surface area (Å²) in [5.41, 5.74) is 0.726. The van der Waals surface area contributed by atoms with E-state index in [0.29, 0.717) is 19.5 Å². The van der Waals surface area contributed by atoms with Crippen molar-refractivity contribution in [2.75, 3.05) is 13.1 Å². The minimum atomic E-state index is -0.923. The molecule has 6 heteroatoms. The molecule has 1 aliphatic rings. The van der Waals surface area contributed by atoms with E-state index in [-0.39, 0.29) is 18.5 Å². The zero-order chi connectivity index (χ0) is 13.1. The zero-order valence-corrected chi connectivity index (χ0v) is 11.2. The minimum Gasteiger partial charge on any atom is -0.465 e. The molecule has 0 aliphatic carbocycles. The van der Waals surface area contributed by atoms with Gasteiger partial charge >= 0.3 is 6.09 Å². The molecule has 1 saturated heterocycles. The number of hydrogen-bond acceptors (Lipinski definition) is 2. The van der Waals surface area contributed by atoms with E-state index < -0.39 is 6.09 Å². The molecule has 0 bridgehead atoms. The van der Waals surface area contributed by atoms with Crippen LogP contribution in [0.4, 0.5) is 9.18 Å². The Hall–Kier alpha value is -1.14. The van der Waals surface area contributed by atoms with E-state index in [0.717, 1.165) is 10.0 Å². The summed E-state index contributed by atoms with van der Waals surface area (Å²) in [6.07, 6.45) is -0.358. The van der Waals surface area contributed by atoms with Crippen molar-refractivity contribution >= 4 is 22.0 Å². The third-order valence-corrected chi connectivity index (χ3v) is 3.67. The first-order valence-electron chi connectivity index (χ1n) is 5.59. The molecule has 1 heterocycles. The normalized spacial score (nSPS) is 19.2. The average molecular weight is 318 g/mol. The van der Waals surface area contributed by atoms with Crippen LogP contribution in [0.2, 0.25) is 0 Å². The van der Waals surface area contributed by atoms with E-state index >= 15 is 0 Å². The summed E-state index contributed by atoms with van der Waals surface area (Å²) in [4.78, 5) is 12.1. The molecule has 0 unspecified atom stereocenters. The van der Waals surface area contributed by atoms with Crippen molar-refractivity contribution < 1.29 is 19.0 Å². The van der Waals surface area contributed by atoms with Crippen molar-refractivity contribution in [3.63, 3.8) is 0 Å². The van der Waals surface area contributed by atoms with E-state index in [2.05, 4.69) is 15.9 Å². The van der Waals surface area contributed by atoms with Gasteiger partial charge in [0.25, 0.3) is 0 Å². The lowest BCUT2D eigenvalue weighted by atomic mass is 10.2. The zero-order valence-electron chi connectivity index (χ0n) is 9.60. The Labute approximate surface area is 112 Å². The lowest BCUT2D eigenvalue weighted by Gasteiger charge is -2.13. The van der Waals surface area contributed by atoms with Gasteiger partial charge in [-0.3, -0.25) is 0 Å². The molecule has 1 atom stereocenters. The second-order valence-electron chi connectivity index (χ2n) is 4.19. The van der Waals surface area contributed by atoms with Gasteiger partial charge in [0.2, 0.25) is 0 Å². The first-order valence-corrected chi connectivity index (χ1v) is 6.39. The second-order valence-corrected chi connectivity index (χ2v) is 5.04. The fraction of sp³-hybridized carbons (Fsp3) is 0.417. The molecule has 0 saturated carbocycles. The molecule has 2 rings (SSSR count). The molecule has 1 fully saturated rings. The number of carboxylic acid groups (broad SMARTS) is 1. The fourth-order valence-corrected chi connectivity index (χ4v) is 2.26. The van der Waals surface area contributed by atoms with Crippen LogP contribution in [0.15, 0.2) is 22.7 Å². The number of nitrogens with zero attached hydrogens (tertiary/aromatic N) is 1. The Morgan fingerprint density at radius 1 is 1.61 bits per heavy atom. The molecular weight excluding hydrogens is 305 g/mol. The molecule has 4 nitrogen and oxygen atoms in total. The van der Waals surface area contributed by atoms with Crippen LogP contribution in [-0.4, -0.2) is 35.3 Å². The molecule has 1 N–H and O–H groups in total. The number of amides is 1. The Balaban J connectivity index is 1.89. The molecule has 0 aromatic heterocycles. The Bertz CT molecular complexity index is 455. The van der Waals surface area contributed by atoms with Gasteiger partial charge in [-0.1, -0.05) is 15.9 Å². The monoisotopic (exact) mass is 317 g/mol. The van der Waals surface area contributed by atoms with Gasteiger partial charge in [0, 0.05) is 11.0 Å². The molecule has 0 spiro atoms. The van der Waals surface area contributed by atoms with E-state index in [1.807, 2.05) is 0 Å². The molecule has 1 aliphatic heterocycles. The number of halogens is 2. The van der Waals surface area contributed by atoms with Crippen molar-refractivity contribution in [2.24, 2.45) is 0 Å². The first-order chi connectivity index (χ1) is 8.56. The van der Waals surface area contributed by atoms with Gasteiger partial charge in [0.1, 0.15) is 5.82 Å². The van der Waals surface area contributed by atoms with E-state index in [1.54, 1.807) is 6.07 Å². The van der Waals surface area contributed by atoms with Gasteiger partial charge in [-0.2, -0.15) is 0 Å². The van der Waals surface area contributed by atoms with Crippen molar-refractivity contribution in [1.29, 1.82) is 0 Å². The molecule has 1 aromatic carbocycles. The van der Waals surface area contributed by atoms with Gasteiger partial charge in [-0.05, 0) is 30.2 Å². The highest BCUT2D eigenvalue weighted by atomic mass is 79.9. The van der Waals surface area contributed by atoms with E-state index in [9.17, 15) is 9.18 Å². The lowest BCUT2D eigenvalue weighted by Crippen LogP contribution is -2.28. The van der Waals surface area contributed by atoms with Crippen LogP contribution < -0.4 is 0 Å². The quantitative estimate of drug-likeness (QED) is 0.932. The molecule has 1 aromatic rings. The lowest BCUT2D eigenvalue weighted by molar-refractivity contribution is 0.0462. The van der Waals surface area contributed by atoms with Gasteiger partial charge in [0.15, 0.2) is 0 Å². The molecule has 18 heavy (non-hydrogen) atoms. The highest BCUT2D eigenvalue weighted by Gasteiger charge is 2.26. The number of ether oxygens (including phenoxy) is 1. The summed E-state index contributed by atoms with van der Waals surface area (Å²) in [5, 5.41) is 8.81. The smallest absolute Gasteiger partial charge is 0.407 e. The van der Waals surface area contributed by atoms with Crippen LogP contribution in [0.5, 0.6) is 0 Å². The standard InChI is InChI=1S/C12H13BrFNO3/c13-11-2-1-9(14)5-8(11)7-18-10-3-4-15(6-10)12(16)17/h1-2,5,10H,3-4,6-7H2,(H,16,17)/t10-/m0/s1. The molecule has 0 radical (unpaired) electrons. The van der Waals surface area contributed by atoms with Crippen LogP contribution in [-0.2, 0) is 11.3 Å². The Morgan fingerprint density at radius 3 is 3.06 bits per heavy atom. The number of likely N-dealkylation sites (tertiary alicyclic amines) is 1. The summed E-state index contributed by atoms with van der Waals surface area (Å²) in [5.74, 6) is -0.310. The summed E-state index contributed by atoms with van der Waals surface area (Å²) >= 11 is 3.32. The number of carbonyl (C=O) groups is 1. The Morgan fingerprint density at radius 2 is 2.39 bits per heavy atom. The van der Waals surface area contributed by atoms with Crippen LogP contribution in [0.25, 0.3) is 0 Å². The van der Waals surface area contributed by atoms with Crippen molar-refractivity contribution in [3.05, 3.63) is 34.1 Å². The van der Waals surface area contributed by atoms with Crippen molar-refractivity contribution in [3.8, 4) is 0 Å². The maximum atomic E-state index is 13.1. The minimum absolute atomic E-state index is 0.115. The summed E-state index contributed by atoms with van der Waals surface area (Å²) in [6.45, 7) is 1.14. The fourth-order valence-electron chi connectivity index (χ4n) is 1.90. The van der Waals surface area contributed by atoms with Gasteiger partial charge < -0.3 is 14.7 Å². The van der Waals surface area contributed by atoms with Crippen molar-refractivity contribution in [2.45, 2.75) is 19.1 Å². The SMILES string of the molecule is O=C(O)N1CC[C@H](OCc2cc(F)ccc2Br)C1. The van der Waals surface area contributed by atoms with E-state index in [4.69, 9.17) is 9.84 Å². The summed E-state index contributed by atoms with van der Waals surface area (Å²) in [7, 11) is 0. The highest BCUT2D eigenvalue weighted by Crippen LogP contribution is 2.21. The highest BCUT2D eigenvalue weighted by molar-refractivity contribution is 9.10. The summed E-state index contributed by atoms with van der Waals surface area (Å²) in [6, 6.07) is 4.41. The predicted molar refractivity (Wildman–Crippen MR) is 66.9 cm³/mol. The van der Waals surface area contributed by atoms with Gasteiger partial charge in [-0.15, -0.1) is 0 Å². The topological polar surface area (TPSA) is 49.8 Å². The molecular formula is C12H13BrFNO3. The molecule has 1 amide bonds. The first kappa shape index (κ1) is 13.3. The number of rotatable bonds is 3. The Kier molecular flexibility index (Phi) is 4.19. The number of benzene rings is 1. The largest absolute Gasteiger partial charge is 0.465 e. The number of hydrogen-bond donors (Lipinski definition) is 1. The van der Waals surface area contributed by atoms with Crippen LogP contribution in [0.1, 0.15) is 12.0 Å². The second kappa shape index (κ2) is 5.67.